The molecule has 0 aliphatic carbocycles. The van der Waals surface area contributed by atoms with Gasteiger partial charge in [-0.25, -0.2) is 0 Å². The van der Waals surface area contributed by atoms with E-state index in [4.69, 9.17) is 14.2 Å². The number of benzene rings is 1. The van der Waals surface area contributed by atoms with Crippen molar-refractivity contribution in [3.05, 3.63) is 24.3 Å². The van der Waals surface area contributed by atoms with Crippen LogP contribution in [0.4, 0.5) is 5.69 Å². The molecule has 1 aromatic rings. The summed E-state index contributed by atoms with van der Waals surface area (Å²) in [5.74, 6) is 0.870. The first-order chi connectivity index (χ1) is 10.1. The molecule has 0 saturated heterocycles. The summed E-state index contributed by atoms with van der Waals surface area (Å²) < 4.78 is 16.6. The van der Waals surface area contributed by atoms with Crippen molar-refractivity contribution in [2.45, 2.75) is 39.9 Å². The first-order valence-corrected chi connectivity index (χ1v) is 7.72. The van der Waals surface area contributed by atoms with E-state index in [2.05, 4.69) is 30.9 Å². The number of hydrogen-bond donors (Lipinski definition) is 0. The second-order valence-electron chi connectivity index (χ2n) is 5.13. The zero-order valence-electron chi connectivity index (χ0n) is 14.0. The zero-order chi connectivity index (χ0) is 15.7. The summed E-state index contributed by atoms with van der Waals surface area (Å²) in [6, 6.07) is 8.13. The first kappa shape index (κ1) is 17.8. The Bertz CT molecular complexity index is 366. The lowest BCUT2D eigenvalue weighted by Gasteiger charge is -2.30. The van der Waals surface area contributed by atoms with E-state index in [1.54, 1.807) is 7.11 Å². The molecule has 0 N–H and O–H groups in total. The van der Waals surface area contributed by atoms with Crippen LogP contribution < -0.4 is 9.64 Å². The third-order valence-electron chi connectivity index (χ3n) is 3.29. The Hall–Kier alpha value is -1.26. The van der Waals surface area contributed by atoms with E-state index in [9.17, 15) is 0 Å². The number of rotatable bonds is 10. The van der Waals surface area contributed by atoms with E-state index in [0.29, 0.717) is 0 Å². The molecule has 0 spiro atoms. The van der Waals surface area contributed by atoms with Gasteiger partial charge in [0.15, 0.2) is 0 Å². The maximum Gasteiger partial charge on any atom is 0.119 e. The Morgan fingerprint density at radius 3 is 1.76 bits per heavy atom. The van der Waals surface area contributed by atoms with Crippen molar-refractivity contribution in [2.75, 3.05) is 38.3 Å². The fourth-order valence-electron chi connectivity index (χ4n) is 2.37. The molecule has 0 amide bonds. The average molecular weight is 295 g/mol. The van der Waals surface area contributed by atoms with Crippen LogP contribution >= 0.6 is 0 Å². The highest BCUT2D eigenvalue weighted by Gasteiger charge is 2.15. The molecule has 0 saturated carbocycles. The Morgan fingerprint density at radius 2 is 1.38 bits per heavy atom. The molecular weight excluding hydrogens is 266 g/mol. The Labute approximate surface area is 129 Å². The molecular formula is C17H29NO3. The molecule has 0 bridgehead atoms. The molecule has 0 aromatic heterocycles. The summed E-state index contributed by atoms with van der Waals surface area (Å²) in [5.41, 5.74) is 1.16. The van der Waals surface area contributed by atoms with Crippen LogP contribution in [-0.4, -0.2) is 45.6 Å². The van der Waals surface area contributed by atoms with Crippen LogP contribution in [0.25, 0.3) is 0 Å². The molecule has 0 heterocycles. The van der Waals surface area contributed by atoms with Gasteiger partial charge in [0, 0.05) is 32.0 Å². The maximum atomic E-state index is 5.67. The third kappa shape index (κ3) is 6.36. The number of nitrogens with zero attached hydrogens (tertiary/aromatic N) is 1. The first-order valence-electron chi connectivity index (χ1n) is 7.72. The van der Waals surface area contributed by atoms with Crippen molar-refractivity contribution in [1.29, 1.82) is 0 Å². The summed E-state index contributed by atoms with van der Waals surface area (Å²) in [6.07, 6.45) is 0.372. The van der Waals surface area contributed by atoms with Crippen molar-refractivity contribution in [3.63, 3.8) is 0 Å². The van der Waals surface area contributed by atoms with Gasteiger partial charge in [0.2, 0.25) is 0 Å². The van der Waals surface area contributed by atoms with Crippen molar-refractivity contribution >= 4 is 5.69 Å². The molecule has 120 valence electrons. The quantitative estimate of drug-likeness (QED) is 0.662. The van der Waals surface area contributed by atoms with Crippen molar-refractivity contribution in [2.24, 2.45) is 0 Å². The zero-order valence-corrected chi connectivity index (χ0v) is 14.0. The van der Waals surface area contributed by atoms with E-state index < -0.39 is 0 Å². The van der Waals surface area contributed by atoms with Crippen LogP contribution in [0, 0.1) is 0 Å². The molecule has 21 heavy (non-hydrogen) atoms. The second-order valence-corrected chi connectivity index (χ2v) is 5.13. The van der Waals surface area contributed by atoms with Gasteiger partial charge < -0.3 is 19.1 Å². The Kier molecular flexibility index (Phi) is 8.16. The standard InChI is InChI=1S/C17H29NO3/c1-6-20-14(3)12-18(13-15(4)21-7-2)16-8-10-17(19-5)11-9-16/h8-11,14-15H,6-7,12-13H2,1-5H3. The monoisotopic (exact) mass is 295 g/mol. The largest absolute Gasteiger partial charge is 0.497 e. The Balaban J connectivity index is 2.77. The van der Waals surface area contributed by atoms with Crippen LogP contribution in [0.5, 0.6) is 5.75 Å². The van der Waals surface area contributed by atoms with Gasteiger partial charge in [0.25, 0.3) is 0 Å². The van der Waals surface area contributed by atoms with Crippen molar-refractivity contribution in [3.8, 4) is 5.75 Å². The van der Waals surface area contributed by atoms with E-state index >= 15 is 0 Å². The summed E-state index contributed by atoms with van der Waals surface area (Å²) in [6.45, 7) is 11.4. The third-order valence-corrected chi connectivity index (χ3v) is 3.29. The summed E-state index contributed by atoms with van der Waals surface area (Å²) in [5, 5.41) is 0. The molecule has 2 unspecified atom stereocenters. The summed E-state index contributed by atoms with van der Waals surface area (Å²) in [7, 11) is 1.68. The number of anilines is 1. The van der Waals surface area contributed by atoms with Gasteiger partial charge >= 0.3 is 0 Å². The SMILES string of the molecule is CCOC(C)CN(CC(C)OCC)c1ccc(OC)cc1. The molecule has 0 aliphatic rings. The second kappa shape index (κ2) is 9.64. The molecule has 4 heteroatoms. The minimum absolute atomic E-state index is 0.186. The Morgan fingerprint density at radius 1 is 0.905 bits per heavy atom. The van der Waals surface area contributed by atoms with Gasteiger partial charge in [-0.1, -0.05) is 0 Å². The highest BCUT2D eigenvalue weighted by Crippen LogP contribution is 2.20. The molecule has 2 atom stereocenters. The predicted molar refractivity (Wildman–Crippen MR) is 87.4 cm³/mol. The van der Waals surface area contributed by atoms with Crippen LogP contribution in [-0.2, 0) is 9.47 Å². The predicted octanol–water partition coefficient (Wildman–Crippen LogP) is 3.35. The molecule has 4 nitrogen and oxygen atoms in total. The fourth-order valence-corrected chi connectivity index (χ4v) is 2.37. The molecule has 0 fully saturated rings. The van der Waals surface area contributed by atoms with Gasteiger partial charge in [-0.3, -0.25) is 0 Å². The van der Waals surface area contributed by atoms with Gasteiger partial charge in [0.1, 0.15) is 5.75 Å². The van der Waals surface area contributed by atoms with Crippen LogP contribution in [0.3, 0.4) is 0 Å². The van der Waals surface area contributed by atoms with Gasteiger partial charge in [0.05, 0.1) is 19.3 Å². The van der Waals surface area contributed by atoms with Crippen LogP contribution in [0.2, 0.25) is 0 Å². The number of methoxy groups -OCH3 is 1. The van der Waals surface area contributed by atoms with Gasteiger partial charge in [-0.05, 0) is 52.0 Å². The fraction of sp³-hybridized carbons (Fsp3) is 0.647. The summed E-state index contributed by atoms with van der Waals surface area (Å²) >= 11 is 0. The smallest absolute Gasteiger partial charge is 0.119 e. The van der Waals surface area contributed by atoms with Crippen molar-refractivity contribution in [1.82, 2.24) is 0 Å². The molecule has 0 aliphatic heterocycles. The van der Waals surface area contributed by atoms with Gasteiger partial charge in [-0.15, -0.1) is 0 Å². The number of ether oxygens (including phenoxy) is 3. The minimum Gasteiger partial charge on any atom is -0.497 e. The van der Waals surface area contributed by atoms with Crippen LogP contribution in [0.15, 0.2) is 24.3 Å². The van der Waals surface area contributed by atoms with E-state index in [0.717, 1.165) is 37.7 Å². The lowest BCUT2D eigenvalue weighted by atomic mass is 10.2. The molecule has 1 aromatic carbocycles. The molecule has 1 rings (SSSR count). The normalized spacial score (nSPS) is 13.8. The molecule has 0 radical (unpaired) electrons. The lowest BCUT2D eigenvalue weighted by molar-refractivity contribution is 0.0666. The minimum atomic E-state index is 0.186. The highest BCUT2D eigenvalue weighted by molar-refractivity contribution is 5.49. The lowest BCUT2D eigenvalue weighted by Crippen LogP contribution is -2.38. The van der Waals surface area contributed by atoms with Crippen molar-refractivity contribution < 1.29 is 14.2 Å². The van der Waals surface area contributed by atoms with Gasteiger partial charge in [-0.2, -0.15) is 0 Å². The highest BCUT2D eigenvalue weighted by atomic mass is 16.5. The average Bonchev–Trinajstić information content (AvgIpc) is 2.47. The summed E-state index contributed by atoms with van der Waals surface area (Å²) in [4.78, 5) is 2.31. The van der Waals surface area contributed by atoms with E-state index in [1.165, 1.54) is 0 Å². The number of hydrogen-bond acceptors (Lipinski definition) is 4. The topological polar surface area (TPSA) is 30.9 Å². The van der Waals surface area contributed by atoms with E-state index in [-0.39, 0.29) is 12.2 Å². The maximum absolute atomic E-state index is 5.67. The van der Waals surface area contributed by atoms with E-state index in [1.807, 2.05) is 26.0 Å². The van der Waals surface area contributed by atoms with Crippen LogP contribution in [0.1, 0.15) is 27.7 Å².